The quantitative estimate of drug-likeness (QED) is 0.0633. The number of carbonyl (C=O) groups excluding carboxylic acids is 3. The van der Waals surface area contributed by atoms with E-state index in [0.29, 0.717) is 58.2 Å². The van der Waals surface area contributed by atoms with E-state index in [0.717, 1.165) is 6.08 Å². The van der Waals surface area contributed by atoms with Crippen molar-refractivity contribution in [3.8, 4) is 0 Å². The third-order valence-corrected chi connectivity index (χ3v) is 4.68. The molecule has 0 aliphatic heterocycles. The number of hydrogen-bond acceptors (Lipinski definition) is 9. The van der Waals surface area contributed by atoms with Gasteiger partial charge in [0.25, 0.3) is 17.8 Å². The molecule has 39 heavy (non-hydrogen) atoms. The third-order valence-electron chi connectivity index (χ3n) is 4.68. The van der Waals surface area contributed by atoms with Crippen molar-refractivity contribution in [1.82, 2.24) is 16.0 Å². The zero-order chi connectivity index (χ0) is 29.3. The molecular formula is C27H41N3O9. The van der Waals surface area contributed by atoms with Gasteiger partial charge in [0.15, 0.2) is 6.10 Å². The molecule has 0 atom stereocenters. The average Bonchev–Trinajstić information content (AvgIpc) is 2.93. The van der Waals surface area contributed by atoms with Gasteiger partial charge in [-0.1, -0.05) is 19.7 Å². The van der Waals surface area contributed by atoms with Crippen molar-refractivity contribution in [3.63, 3.8) is 0 Å². The number of aliphatic hydroxyl groups is 3. The topological polar surface area (TPSA) is 176 Å². The van der Waals surface area contributed by atoms with Crippen LogP contribution in [0.1, 0.15) is 38.5 Å². The first-order valence-electron chi connectivity index (χ1n) is 12.5. The lowest BCUT2D eigenvalue weighted by Gasteiger charge is -2.19. The largest absolute Gasteiger partial charge is 0.481 e. The number of hydrogen-bond donors (Lipinski definition) is 6. The molecule has 12 heteroatoms. The minimum absolute atomic E-state index is 0.219. The van der Waals surface area contributed by atoms with Crippen LogP contribution in [0.25, 0.3) is 0 Å². The minimum atomic E-state index is -0.911. The molecule has 0 unspecified atom stereocenters. The van der Waals surface area contributed by atoms with E-state index in [1.54, 1.807) is 0 Å². The van der Waals surface area contributed by atoms with Crippen LogP contribution in [0.5, 0.6) is 0 Å². The van der Waals surface area contributed by atoms with E-state index in [1.807, 2.05) is 0 Å². The lowest BCUT2D eigenvalue weighted by Crippen LogP contribution is -2.26. The Morgan fingerprint density at radius 1 is 0.615 bits per heavy atom. The summed E-state index contributed by atoms with van der Waals surface area (Å²) in [6.45, 7) is 10.8. The van der Waals surface area contributed by atoms with Gasteiger partial charge in [-0.05, 0) is 75.0 Å². The lowest BCUT2D eigenvalue weighted by atomic mass is 10.3. The summed E-state index contributed by atoms with van der Waals surface area (Å²) < 4.78 is 16.0. The van der Waals surface area contributed by atoms with Crippen molar-refractivity contribution in [2.75, 3.05) is 32.8 Å². The Hall–Kier alpha value is -4.35. The Bertz CT molecular complexity index is 834. The van der Waals surface area contributed by atoms with Gasteiger partial charge in [-0.2, -0.15) is 0 Å². The van der Waals surface area contributed by atoms with Crippen LogP contribution < -0.4 is 16.0 Å². The predicted octanol–water partition coefficient (Wildman–Crippen LogP) is 2.85. The molecule has 0 heterocycles. The fraction of sp³-hybridized carbons (Fsp3) is 0.444. The second-order valence-electron chi connectivity index (χ2n) is 7.90. The Labute approximate surface area is 229 Å². The molecule has 0 radical (unpaired) electrons. The molecule has 0 aliphatic carbocycles. The smallest absolute Gasteiger partial charge is 0.272 e. The second kappa shape index (κ2) is 22.8. The molecule has 12 nitrogen and oxygen atoms in total. The molecule has 218 valence electrons. The summed E-state index contributed by atoms with van der Waals surface area (Å²) in [4.78, 5) is 33.4. The van der Waals surface area contributed by atoms with Crippen molar-refractivity contribution in [2.24, 2.45) is 0 Å². The summed E-state index contributed by atoms with van der Waals surface area (Å²) >= 11 is 0. The van der Waals surface area contributed by atoms with Crippen LogP contribution in [0.15, 0.2) is 74.0 Å². The number of amides is 3. The summed E-state index contributed by atoms with van der Waals surface area (Å²) in [5, 5.41) is 37.9. The van der Waals surface area contributed by atoms with Crippen molar-refractivity contribution in [1.29, 1.82) is 0 Å². The highest BCUT2D eigenvalue weighted by Crippen LogP contribution is 2.09. The first-order chi connectivity index (χ1) is 18.7. The number of ether oxygens (including phenoxy) is 3. The van der Waals surface area contributed by atoms with Gasteiger partial charge in [-0.25, -0.2) is 0 Å². The van der Waals surface area contributed by atoms with Gasteiger partial charge in [0.05, 0.1) is 0 Å². The Balaban J connectivity index is 4.79. The van der Waals surface area contributed by atoms with E-state index in [4.69, 9.17) is 14.2 Å². The van der Waals surface area contributed by atoms with Crippen molar-refractivity contribution in [3.05, 3.63) is 74.0 Å². The maximum atomic E-state index is 11.1. The molecule has 0 bridgehead atoms. The van der Waals surface area contributed by atoms with Gasteiger partial charge >= 0.3 is 0 Å². The van der Waals surface area contributed by atoms with E-state index in [-0.39, 0.29) is 42.8 Å². The second-order valence-corrected chi connectivity index (χ2v) is 7.90. The monoisotopic (exact) mass is 551 g/mol. The maximum Gasteiger partial charge on any atom is 0.272 e. The predicted molar refractivity (Wildman–Crippen MR) is 146 cm³/mol. The zero-order valence-corrected chi connectivity index (χ0v) is 22.2. The number of aliphatic hydroxyl groups excluding tert-OH is 3. The number of nitrogens with one attached hydrogen (secondary N) is 3. The fourth-order valence-electron chi connectivity index (χ4n) is 2.64. The molecule has 0 saturated carbocycles. The molecular weight excluding hydrogens is 510 g/mol. The van der Waals surface area contributed by atoms with Crippen LogP contribution >= 0.6 is 0 Å². The van der Waals surface area contributed by atoms with E-state index in [9.17, 15) is 29.7 Å². The van der Waals surface area contributed by atoms with Crippen LogP contribution in [0.2, 0.25) is 0 Å². The molecule has 0 aliphatic rings. The standard InChI is InChI=1S/C27H41N3O9/c1-4-22(31)28-16-10-7-13-25(34)37-19-21(39-27(36)15-9-12-18-30-24(33)6-3)20-38-26(35)14-8-11-17-29-23(32)5-2/h4-6,13-15,21,34-36H,1-3,7-12,16-20H2,(H,28,31)(H,29,32)(H,30,33)/b25-13-,26-14-,27-15-. The van der Waals surface area contributed by atoms with Gasteiger partial charge in [-0.15, -0.1) is 0 Å². The maximum absolute atomic E-state index is 11.1. The highest BCUT2D eigenvalue weighted by Gasteiger charge is 2.16. The zero-order valence-electron chi connectivity index (χ0n) is 22.2. The molecule has 6 N–H and O–H groups in total. The van der Waals surface area contributed by atoms with E-state index in [1.165, 1.54) is 30.4 Å². The minimum Gasteiger partial charge on any atom is -0.481 e. The Kier molecular flexibility index (Phi) is 20.3. The van der Waals surface area contributed by atoms with Crippen LogP contribution in [0.4, 0.5) is 0 Å². The van der Waals surface area contributed by atoms with Crippen molar-refractivity contribution >= 4 is 17.7 Å². The highest BCUT2D eigenvalue weighted by atomic mass is 16.7. The fourth-order valence-corrected chi connectivity index (χ4v) is 2.64. The molecule has 0 fully saturated rings. The summed E-state index contributed by atoms with van der Waals surface area (Å²) in [7, 11) is 0. The first-order valence-corrected chi connectivity index (χ1v) is 12.5. The Morgan fingerprint density at radius 3 is 1.28 bits per heavy atom. The Morgan fingerprint density at radius 2 is 0.949 bits per heavy atom. The van der Waals surface area contributed by atoms with Crippen LogP contribution in [0, 0.1) is 0 Å². The van der Waals surface area contributed by atoms with Gasteiger partial charge in [-0.3, -0.25) is 14.4 Å². The average molecular weight is 552 g/mol. The van der Waals surface area contributed by atoms with Crippen LogP contribution in [-0.2, 0) is 28.6 Å². The SMILES string of the molecule is C=CC(=O)NCCC/C=C(/O)OCC(CO/C(O)=C\CCCNC(=O)C=C)O/C(O)=C\CCCNC(=O)C=C. The third kappa shape index (κ3) is 21.4. The molecule has 0 aromatic carbocycles. The number of allylic oxidation sites excluding steroid dienone is 3. The van der Waals surface area contributed by atoms with Gasteiger partial charge < -0.3 is 45.5 Å². The molecule has 3 amide bonds. The molecule has 0 saturated heterocycles. The number of unbranched alkanes of at least 4 members (excludes halogenated alkanes) is 3. The van der Waals surface area contributed by atoms with Crippen LogP contribution in [-0.4, -0.2) is 72.0 Å². The summed E-state index contributed by atoms with van der Waals surface area (Å²) in [5.74, 6) is -2.03. The summed E-state index contributed by atoms with van der Waals surface area (Å²) in [5.41, 5.74) is 0. The van der Waals surface area contributed by atoms with E-state index < -0.39 is 12.0 Å². The summed E-state index contributed by atoms with van der Waals surface area (Å²) in [6, 6.07) is 0. The molecule has 0 rings (SSSR count). The summed E-state index contributed by atoms with van der Waals surface area (Å²) in [6.07, 6.45) is 9.76. The molecule has 0 spiro atoms. The van der Waals surface area contributed by atoms with E-state index in [2.05, 4.69) is 35.7 Å². The number of rotatable bonds is 23. The van der Waals surface area contributed by atoms with Crippen molar-refractivity contribution < 1.29 is 43.9 Å². The van der Waals surface area contributed by atoms with Gasteiger partial charge in [0, 0.05) is 19.6 Å². The lowest BCUT2D eigenvalue weighted by molar-refractivity contribution is -0.117. The van der Waals surface area contributed by atoms with E-state index >= 15 is 0 Å². The van der Waals surface area contributed by atoms with Crippen molar-refractivity contribution in [2.45, 2.75) is 44.6 Å². The van der Waals surface area contributed by atoms with Crippen LogP contribution in [0.3, 0.4) is 0 Å². The molecule has 0 aromatic heterocycles. The highest BCUT2D eigenvalue weighted by molar-refractivity contribution is 5.87. The normalized spacial score (nSPS) is 12.5. The van der Waals surface area contributed by atoms with Gasteiger partial charge in [0.1, 0.15) is 13.2 Å². The number of carbonyl (C=O) groups is 3. The molecule has 0 aromatic rings. The first kappa shape index (κ1) is 34.6. The van der Waals surface area contributed by atoms with Gasteiger partial charge in [0.2, 0.25) is 17.7 Å².